The summed E-state index contributed by atoms with van der Waals surface area (Å²) in [5.41, 5.74) is -1.18. The van der Waals surface area contributed by atoms with Gasteiger partial charge in [0.25, 0.3) is 0 Å². The van der Waals surface area contributed by atoms with E-state index in [4.69, 9.17) is 4.12 Å². The van der Waals surface area contributed by atoms with Crippen LogP contribution < -0.4 is 0 Å². The molecule has 0 aromatic heterocycles. The maximum atomic E-state index is 9.50. The lowest BCUT2D eigenvalue weighted by Gasteiger charge is -2.20. The van der Waals surface area contributed by atoms with E-state index in [0.717, 1.165) is 0 Å². The summed E-state index contributed by atoms with van der Waals surface area (Å²) in [6.07, 6.45) is 0. The van der Waals surface area contributed by atoms with Gasteiger partial charge in [-0.05, 0) is 0 Å². The van der Waals surface area contributed by atoms with Gasteiger partial charge in [-0.15, -0.1) is 0 Å². The first-order valence-corrected chi connectivity index (χ1v) is 5.76. The van der Waals surface area contributed by atoms with Crippen LogP contribution in [0.1, 0.15) is 5.56 Å². The van der Waals surface area contributed by atoms with Crippen LogP contribution in [0, 0.1) is 0 Å². The summed E-state index contributed by atoms with van der Waals surface area (Å²) in [6.45, 7) is 0. The number of benzene rings is 1. The van der Waals surface area contributed by atoms with E-state index in [0.29, 0.717) is 16.0 Å². The average Bonchev–Trinajstić information content (AvgIpc) is 2.06. The Morgan fingerprint density at radius 1 is 1.25 bits per heavy atom. The summed E-state index contributed by atoms with van der Waals surface area (Å²) in [5.74, 6) is 0. The van der Waals surface area contributed by atoms with Crippen molar-refractivity contribution >= 4 is 20.2 Å². The van der Waals surface area contributed by atoms with E-state index in [-0.39, 0.29) is 0 Å². The number of hydrogen-bond donors (Lipinski definition) is 2. The van der Waals surface area contributed by atoms with E-state index < -0.39 is 15.2 Å². The molecule has 0 unspecified atom stereocenters. The van der Waals surface area contributed by atoms with Crippen molar-refractivity contribution in [2.75, 3.05) is 0 Å². The third-order valence-corrected chi connectivity index (χ3v) is 3.55. The Morgan fingerprint density at radius 3 is 2.33 bits per heavy atom. The van der Waals surface area contributed by atoms with Gasteiger partial charge in [-0.1, -0.05) is 30.3 Å². The van der Waals surface area contributed by atoms with E-state index in [1.165, 1.54) is 0 Å². The predicted molar refractivity (Wildman–Crippen MR) is 52.1 cm³/mol. The Bertz CT molecular complexity index is 238. The minimum atomic E-state index is -1.71. The molecule has 1 rings (SSSR count). The fourth-order valence-corrected chi connectivity index (χ4v) is 3.00. The van der Waals surface area contributed by atoms with Gasteiger partial charge in [0, 0.05) is 5.56 Å². The van der Waals surface area contributed by atoms with Gasteiger partial charge in [-0.25, -0.2) is 0 Å². The highest BCUT2D eigenvalue weighted by Crippen LogP contribution is 2.15. The van der Waals surface area contributed by atoms with Crippen molar-refractivity contribution < 1.29 is 14.3 Å². The topological polar surface area (TPSA) is 49.7 Å². The molecule has 0 saturated carbocycles. The van der Waals surface area contributed by atoms with Gasteiger partial charge in [0.1, 0.15) is 10.5 Å². The van der Waals surface area contributed by atoms with Gasteiger partial charge in [0.15, 0.2) is 5.41 Å². The summed E-state index contributed by atoms with van der Waals surface area (Å²) in [7, 11) is -0.713. The maximum absolute atomic E-state index is 9.50. The van der Waals surface area contributed by atoms with Crippen LogP contribution in [0.2, 0.25) is 0 Å². The van der Waals surface area contributed by atoms with Crippen LogP contribution in [0.4, 0.5) is 0 Å². The highest BCUT2D eigenvalue weighted by Gasteiger charge is 2.25. The van der Waals surface area contributed by atoms with Gasteiger partial charge < -0.3 is 14.3 Å². The first-order valence-electron chi connectivity index (χ1n) is 3.66. The second-order valence-corrected chi connectivity index (χ2v) is 6.20. The lowest BCUT2D eigenvalue weighted by Crippen LogP contribution is -2.33. The molecule has 66 valence electrons. The van der Waals surface area contributed by atoms with Crippen LogP contribution in [0.15, 0.2) is 30.3 Å². The Kier molecular flexibility index (Phi) is 3.18. The zero-order valence-electron chi connectivity index (χ0n) is 6.90. The molecule has 0 bridgehead atoms. The lowest BCUT2D eigenvalue weighted by atomic mass is 10.2. The molecule has 12 heavy (non-hydrogen) atoms. The van der Waals surface area contributed by atoms with Gasteiger partial charge in [-0.2, -0.15) is 0 Å². The molecule has 0 heterocycles. The molecule has 0 saturated heterocycles. The minimum Gasteiger partial charge on any atom is -0.464 e. The smallest absolute Gasteiger partial charge is 0.220 e. The zero-order chi connectivity index (χ0) is 9.03. The molecule has 0 radical (unpaired) electrons. The Morgan fingerprint density at radius 2 is 1.83 bits per heavy atom. The number of hydrogen-bond acceptors (Lipinski definition) is 3. The molecule has 0 aliphatic carbocycles. The summed E-state index contributed by atoms with van der Waals surface area (Å²) in [5, 5.41) is 19.0. The van der Waals surface area contributed by atoms with Crippen LogP contribution in [0.3, 0.4) is 0 Å². The van der Waals surface area contributed by atoms with E-state index in [2.05, 4.69) is 0 Å². The second kappa shape index (κ2) is 3.97. The van der Waals surface area contributed by atoms with Crippen molar-refractivity contribution in [1.82, 2.24) is 0 Å². The lowest BCUT2D eigenvalue weighted by molar-refractivity contribution is -0.101. The minimum absolute atomic E-state index is 0.521. The fraction of sp³-hybridized carbons (Fsp3) is 0.143. The second-order valence-electron chi connectivity index (χ2n) is 2.62. The first-order chi connectivity index (χ1) is 5.67. The summed E-state index contributed by atoms with van der Waals surface area (Å²) in [4.78, 5) is 0. The highest BCUT2D eigenvalue weighted by molar-refractivity contribution is 6.36. The molecular formula is C7H12O3Si2. The van der Waals surface area contributed by atoms with Crippen molar-refractivity contribution in [2.24, 2.45) is 0 Å². The quantitative estimate of drug-likeness (QED) is 0.445. The molecular weight excluding hydrogens is 188 g/mol. The molecule has 0 spiro atoms. The molecule has 0 aliphatic heterocycles. The SMILES string of the molecule is OC(O)([SiH2]O[SiH3])c1ccccc1. The molecule has 3 nitrogen and oxygen atoms in total. The zero-order valence-corrected chi connectivity index (χ0v) is 10.3. The van der Waals surface area contributed by atoms with Crippen LogP contribution in [-0.2, 0) is 9.53 Å². The predicted octanol–water partition coefficient (Wildman–Crippen LogP) is -1.84. The maximum Gasteiger partial charge on any atom is 0.220 e. The van der Waals surface area contributed by atoms with E-state index >= 15 is 0 Å². The van der Waals surface area contributed by atoms with Gasteiger partial charge in [0.05, 0.1) is 0 Å². The van der Waals surface area contributed by atoms with E-state index in [1.807, 2.05) is 6.07 Å². The summed E-state index contributed by atoms with van der Waals surface area (Å²) >= 11 is 0. The van der Waals surface area contributed by atoms with Crippen LogP contribution >= 0.6 is 0 Å². The summed E-state index contributed by atoms with van der Waals surface area (Å²) < 4.78 is 4.94. The van der Waals surface area contributed by atoms with Gasteiger partial charge in [0.2, 0.25) is 9.76 Å². The van der Waals surface area contributed by atoms with E-state index in [9.17, 15) is 10.2 Å². The summed E-state index contributed by atoms with van der Waals surface area (Å²) in [6, 6.07) is 8.76. The van der Waals surface area contributed by atoms with E-state index in [1.54, 1.807) is 24.3 Å². The molecule has 0 atom stereocenters. The van der Waals surface area contributed by atoms with Crippen molar-refractivity contribution in [1.29, 1.82) is 0 Å². The highest BCUT2D eigenvalue weighted by atomic mass is 28.3. The third kappa shape index (κ3) is 2.26. The molecule has 5 heteroatoms. The molecule has 0 aliphatic rings. The number of aliphatic hydroxyl groups is 2. The van der Waals surface area contributed by atoms with Crippen molar-refractivity contribution in [2.45, 2.75) is 5.41 Å². The first kappa shape index (κ1) is 9.62. The number of rotatable bonds is 3. The van der Waals surface area contributed by atoms with Crippen LogP contribution in [0.5, 0.6) is 0 Å². The standard InChI is InChI=1S/C7H12O3Si2/c8-7(9,12-10-11)6-4-2-1-3-5-6/h1-5,8-9H,12H2,11H3. The average molecular weight is 200 g/mol. The largest absolute Gasteiger partial charge is 0.464 e. The molecule has 0 fully saturated rings. The third-order valence-electron chi connectivity index (χ3n) is 1.58. The van der Waals surface area contributed by atoms with Crippen LogP contribution in [0.25, 0.3) is 0 Å². The Hall–Kier alpha value is -0.466. The monoisotopic (exact) mass is 200 g/mol. The molecule has 0 amide bonds. The van der Waals surface area contributed by atoms with Crippen LogP contribution in [-0.4, -0.2) is 30.5 Å². The van der Waals surface area contributed by atoms with Gasteiger partial charge >= 0.3 is 0 Å². The van der Waals surface area contributed by atoms with Crippen molar-refractivity contribution in [3.8, 4) is 0 Å². The fourth-order valence-electron chi connectivity index (χ4n) is 0.990. The van der Waals surface area contributed by atoms with Gasteiger partial charge in [-0.3, -0.25) is 0 Å². The van der Waals surface area contributed by atoms with Crippen molar-refractivity contribution in [3.63, 3.8) is 0 Å². The molecule has 1 aromatic carbocycles. The Balaban J connectivity index is 2.82. The normalized spacial score (nSPS) is 12.8. The Labute approximate surface area is 76.5 Å². The van der Waals surface area contributed by atoms with Crippen molar-refractivity contribution in [3.05, 3.63) is 35.9 Å². The molecule has 1 aromatic rings. The molecule has 2 N–H and O–H groups in total.